The lowest BCUT2D eigenvalue weighted by atomic mass is 9.88. The molecule has 1 N–H and O–H groups in total. The first-order chi connectivity index (χ1) is 10.5. The molecule has 0 radical (unpaired) electrons. The molecular weight excluding hydrogens is 354 g/mol. The van der Waals surface area contributed by atoms with Crippen LogP contribution in [0.15, 0.2) is 40.9 Å². The molecule has 0 aliphatic carbocycles. The van der Waals surface area contributed by atoms with Crippen LogP contribution in [0.5, 0.6) is 5.75 Å². The van der Waals surface area contributed by atoms with Crippen molar-refractivity contribution < 1.29 is 19.6 Å². The quantitative estimate of drug-likeness (QED) is 0.651. The predicted molar refractivity (Wildman–Crippen MR) is 81.0 cm³/mol. The van der Waals surface area contributed by atoms with Crippen LogP contribution < -0.4 is 4.74 Å². The minimum absolute atomic E-state index is 0.0109. The van der Waals surface area contributed by atoms with Crippen LogP contribution in [0.2, 0.25) is 0 Å². The van der Waals surface area contributed by atoms with Gasteiger partial charge in [-0.15, -0.1) is 0 Å². The third-order valence-electron chi connectivity index (χ3n) is 3.56. The molecule has 6 nitrogen and oxygen atoms in total. The van der Waals surface area contributed by atoms with Crippen molar-refractivity contribution in [1.82, 2.24) is 0 Å². The van der Waals surface area contributed by atoms with Gasteiger partial charge in [-0.25, -0.2) is 0 Å². The summed E-state index contributed by atoms with van der Waals surface area (Å²) in [5.41, 5.74) is 1.32. The first-order valence-corrected chi connectivity index (χ1v) is 7.19. The number of halogens is 1. The van der Waals surface area contributed by atoms with E-state index >= 15 is 0 Å². The number of carboxylic acid groups (broad SMARTS) is 1. The molecule has 112 valence electrons. The van der Waals surface area contributed by atoms with Gasteiger partial charge in [0.1, 0.15) is 12.5 Å². The largest absolute Gasteiger partial charge is 0.482 e. The fraction of sp³-hybridized carbons (Fsp3) is 0.133. The summed E-state index contributed by atoms with van der Waals surface area (Å²) < 4.78 is 6.01. The van der Waals surface area contributed by atoms with Crippen LogP contribution in [-0.2, 0) is 11.4 Å². The standard InChI is InChI=1S/C15H10BrNO5/c16-9-5-11-13(15(18)19)10-4-2-1-3-8(10)7-22-14(11)12(6-9)17(20)21/h1-6,13H,7H2,(H,18,19). The summed E-state index contributed by atoms with van der Waals surface area (Å²) in [7, 11) is 0. The summed E-state index contributed by atoms with van der Waals surface area (Å²) >= 11 is 3.20. The second-order valence-electron chi connectivity index (χ2n) is 4.86. The maximum Gasteiger partial charge on any atom is 0.315 e. The van der Waals surface area contributed by atoms with Gasteiger partial charge >= 0.3 is 11.7 Å². The van der Waals surface area contributed by atoms with Gasteiger partial charge in [-0.1, -0.05) is 40.2 Å². The van der Waals surface area contributed by atoms with Gasteiger partial charge < -0.3 is 9.84 Å². The Morgan fingerprint density at radius 2 is 2.05 bits per heavy atom. The number of aliphatic carboxylic acids is 1. The zero-order chi connectivity index (χ0) is 15.9. The first kappa shape index (κ1) is 14.5. The number of hydrogen-bond donors (Lipinski definition) is 1. The number of nitro benzene ring substituents is 1. The molecular formula is C15H10BrNO5. The SMILES string of the molecule is O=C(O)C1c2ccccc2COc2c1cc(Br)cc2[N+](=O)[O-]. The fourth-order valence-electron chi connectivity index (χ4n) is 2.64. The fourth-order valence-corrected chi connectivity index (χ4v) is 3.10. The average molecular weight is 364 g/mol. The lowest BCUT2D eigenvalue weighted by Gasteiger charge is -2.14. The van der Waals surface area contributed by atoms with E-state index < -0.39 is 16.8 Å². The molecule has 22 heavy (non-hydrogen) atoms. The molecule has 2 aromatic carbocycles. The number of nitrogens with zero attached hydrogens (tertiary/aromatic N) is 1. The van der Waals surface area contributed by atoms with Gasteiger partial charge in [0.05, 0.1) is 4.92 Å². The van der Waals surface area contributed by atoms with Crippen LogP contribution in [0.25, 0.3) is 0 Å². The molecule has 1 aliphatic heterocycles. The highest BCUT2D eigenvalue weighted by Gasteiger charge is 2.34. The van der Waals surface area contributed by atoms with E-state index in [9.17, 15) is 20.0 Å². The summed E-state index contributed by atoms with van der Waals surface area (Å²) in [6, 6.07) is 9.86. The number of hydrogen-bond acceptors (Lipinski definition) is 4. The van der Waals surface area contributed by atoms with Crippen molar-refractivity contribution in [3.63, 3.8) is 0 Å². The van der Waals surface area contributed by atoms with Crippen LogP contribution in [-0.4, -0.2) is 16.0 Å². The monoisotopic (exact) mass is 363 g/mol. The van der Waals surface area contributed by atoms with Crippen molar-refractivity contribution in [2.45, 2.75) is 12.5 Å². The van der Waals surface area contributed by atoms with E-state index in [2.05, 4.69) is 15.9 Å². The second kappa shape index (κ2) is 5.42. The maximum atomic E-state index is 11.8. The van der Waals surface area contributed by atoms with E-state index in [4.69, 9.17) is 4.74 Å². The normalized spacial score (nSPS) is 16.0. The Balaban J connectivity index is 2.32. The van der Waals surface area contributed by atoms with Crippen LogP contribution in [0.3, 0.4) is 0 Å². The number of rotatable bonds is 2. The second-order valence-corrected chi connectivity index (χ2v) is 5.77. The molecule has 0 aromatic heterocycles. The van der Waals surface area contributed by atoms with Gasteiger partial charge in [-0.05, 0) is 17.2 Å². The van der Waals surface area contributed by atoms with Gasteiger partial charge in [-0.3, -0.25) is 14.9 Å². The lowest BCUT2D eigenvalue weighted by Crippen LogP contribution is -2.14. The number of ether oxygens (including phenoxy) is 1. The van der Waals surface area contributed by atoms with Crippen molar-refractivity contribution in [3.8, 4) is 5.75 Å². The average Bonchev–Trinajstić information content (AvgIpc) is 2.62. The number of benzene rings is 2. The molecule has 0 amide bonds. The number of carbonyl (C=O) groups is 1. The minimum Gasteiger partial charge on any atom is -0.482 e. The third kappa shape index (κ3) is 2.33. The first-order valence-electron chi connectivity index (χ1n) is 6.40. The number of nitro groups is 1. The van der Waals surface area contributed by atoms with Crippen molar-refractivity contribution in [2.75, 3.05) is 0 Å². The topological polar surface area (TPSA) is 89.7 Å². The summed E-state index contributed by atoms with van der Waals surface area (Å²) in [5.74, 6) is -2.08. The highest BCUT2D eigenvalue weighted by atomic mass is 79.9. The van der Waals surface area contributed by atoms with Gasteiger partial charge in [0.15, 0.2) is 0 Å². The molecule has 7 heteroatoms. The Morgan fingerprint density at radius 1 is 1.32 bits per heavy atom. The molecule has 3 rings (SSSR count). The third-order valence-corrected chi connectivity index (χ3v) is 4.01. The molecule has 2 aromatic rings. The van der Waals surface area contributed by atoms with Gasteiger partial charge in [0.25, 0.3) is 0 Å². The molecule has 1 unspecified atom stereocenters. The summed E-state index contributed by atoms with van der Waals surface area (Å²) in [6.07, 6.45) is 0. The Hall–Kier alpha value is -2.41. The molecule has 1 atom stereocenters. The van der Waals surface area contributed by atoms with E-state index in [1.165, 1.54) is 6.07 Å². The highest BCUT2D eigenvalue weighted by Crippen LogP contribution is 2.44. The van der Waals surface area contributed by atoms with Crippen molar-refractivity contribution in [2.24, 2.45) is 0 Å². The van der Waals surface area contributed by atoms with E-state index in [1.807, 2.05) is 0 Å². The van der Waals surface area contributed by atoms with Crippen molar-refractivity contribution in [3.05, 3.63) is 67.7 Å². The van der Waals surface area contributed by atoms with Gasteiger partial charge in [-0.2, -0.15) is 0 Å². The lowest BCUT2D eigenvalue weighted by molar-refractivity contribution is -0.386. The number of carboxylic acids is 1. The van der Waals surface area contributed by atoms with Crippen molar-refractivity contribution >= 4 is 27.6 Å². The van der Waals surface area contributed by atoms with E-state index in [0.717, 1.165) is 0 Å². The van der Waals surface area contributed by atoms with Crippen LogP contribution in [0.1, 0.15) is 22.6 Å². The smallest absolute Gasteiger partial charge is 0.315 e. The number of fused-ring (bicyclic) bond motifs is 2. The zero-order valence-corrected chi connectivity index (χ0v) is 12.7. The molecule has 0 saturated carbocycles. The molecule has 0 fully saturated rings. The van der Waals surface area contributed by atoms with Crippen LogP contribution in [0.4, 0.5) is 5.69 Å². The molecule has 1 aliphatic rings. The van der Waals surface area contributed by atoms with Crippen LogP contribution >= 0.6 is 15.9 Å². The van der Waals surface area contributed by atoms with Crippen molar-refractivity contribution in [1.29, 1.82) is 0 Å². The molecule has 0 saturated heterocycles. The molecule has 0 spiro atoms. The Morgan fingerprint density at radius 3 is 2.73 bits per heavy atom. The van der Waals surface area contributed by atoms with E-state index in [-0.39, 0.29) is 23.6 Å². The Kier molecular flexibility index (Phi) is 3.58. The minimum atomic E-state index is -1.08. The predicted octanol–water partition coefficient (Wildman–Crippen LogP) is 3.47. The van der Waals surface area contributed by atoms with Gasteiger partial charge in [0, 0.05) is 16.1 Å². The van der Waals surface area contributed by atoms with Crippen LogP contribution in [0, 0.1) is 10.1 Å². The van der Waals surface area contributed by atoms with E-state index in [1.54, 1.807) is 30.3 Å². The Bertz CT molecular complexity index is 789. The summed E-state index contributed by atoms with van der Waals surface area (Å²) in [5, 5.41) is 20.9. The summed E-state index contributed by atoms with van der Waals surface area (Å²) in [6.45, 7) is 0.0927. The van der Waals surface area contributed by atoms with E-state index in [0.29, 0.717) is 15.6 Å². The molecule has 0 bridgehead atoms. The maximum absolute atomic E-state index is 11.8. The Labute approximate surface area is 133 Å². The summed E-state index contributed by atoms with van der Waals surface area (Å²) in [4.78, 5) is 22.5. The zero-order valence-electron chi connectivity index (χ0n) is 11.2. The molecule has 1 heterocycles. The van der Waals surface area contributed by atoms with Gasteiger partial charge in [0.2, 0.25) is 5.75 Å². The highest BCUT2D eigenvalue weighted by molar-refractivity contribution is 9.10.